The summed E-state index contributed by atoms with van der Waals surface area (Å²) < 4.78 is 6.12. The molecule has 1 atom stereocenters. The van der Waals surface area contributed by atoms with Crippen LogP contribution in [0.1, 0.15) is 41.1 Å². The van der Waals surface area contributed by atoms with Crippen molar-refractivity contribution in [1.29, 1.82) is 0 Å². The number of amides is 1. The molecule has 1 aromatic carbocycles. The molecule has 6 nitrogen and oxygen atoms in total. The van der Waals surface area contributed by atoms with Gasteiger partial charge in [0.25, 0.3) is 5.91 Å². The number of anilines is 1. The minimum Gasteiger partial charge on any atom is -0.488 e. The number of hydrogen-bond acceptors (Lipinski definition) is 6. The summed E-state index contributed by atoms with van der Waals surface area (Å²) in [5.41, 5.74) is 2.17. The molecule has 0 fully saturated rings. The fourth-order valence-electron chi connectivity index (χ4n) is 3.48. The summed E-state index contributed by atoms with van der Waals surface area (Å²) in [6.07, 6.45) is 3.60. The minimum absolute atomic E-state index is 0.0614. The summed E-state index contributed by atoms with van der Waals surface area (Å²) in [6.45, 7) is 6.52. The van der Waals surface area contributed by atoms with Crippen LogP contribution in [0.5, 0.6) is 5.75 Å². The summed E-state index contributed by atoms with van der Waals surface area (Å²) in [4.78, 5) is 22.8. The van der Waals surface area contributed by atoms with Crippen LogP contribution in [0.15, 0.2) is 30.6 Å². The van der Waals surface area contributed by atoms with Gasteiger partial charge in [0, 0.05) is 6.04 Å². The molecule has 1 amide bonds. The molecular formula is C21H24N4O2S. The summed E-state index contributed by atoms with van der Waals surface area (Å²) in [7, 11) is 0. The van der Waals surface area contributed by atoms with E-state index in [1.807, 2.05) is 39.0 Å². The Balaban J connectivity index is 1.53. The van der Waals surface area contributed by atoms with Crippen LogP contribution in [0.25, 0.3) is 10.2 Å². The maximum atomic E-state index is 12.5. The van der Waals surface area contributed by atoms with Gasteiger partial charge in [0.15, 0.2) is 0 Å². The Labute approximate surface area is 168 Å². The third-order valence-electron chi connectivity index (χ3n) is 4.85. The largest absolute Gasteiger partial charge is 0.488 e. The Morgan fingerprint density at radius 1 is 1.32 bits per heavy atom. The first-order valence-electron chi connectivity index (χ1n) is 9.56. The third kappa shape index (κ3) is 3.67. The zero-order valence-corrected chi connectivity index (χ0v) is 17.1. The first-order chi connectivity index (χ1) is 13.5. The first-order valence-corrected chi connectivity index (χ1v) is 10.4. The molecule has 1 aliphatic rings. The molecule has 0 saturated heterocycles. The highest BCUT2D eigenvalue weighted by Crippen LogP contribution is 2.33. The zero-order valence-electron chi connectivity index (χ0n) is 16.3. The Morgan fingerprint density at radius 2 is 2.14 bits per heavy atom. The average molecular weight is 397 g/mol. The monoisotopic (exact) mass is 396 g/mol. The Kier molecular flexibility index (Phi) is 5.17. The van der Waals surface area contributed by atoms with Gasteiger partial charge in [-0.25, -0.2) is 9.97 Å². The summed E-state index contributed by atoms with van der Waals surface area (Å²) in [5.74, 6) is 1.66. The molecule has 2 aromatic heterocycles. The Hall–Kier alpha value is -2.67. The SMILES string of the molecule is Cc1c(C(=O)NC(C)C)sc2ncnc(NC[C@H]3CCc4ccccc4O3)c12. The van der Waals surface area contributed by atoms with E-state index < -0.39 is 0 Å². The molecule has 2 N–H and O–H groups in total. The van der Waals surface area contributed by atoms with Crippen molar-refractivity contribution in [3.05, 3.63) is 46.6 Å². The van der Waals surface area contributed by atoms with Crippen LogP contribution in [0, 0.1) is 6.92 Å². The predicted octanol–water partition coefficient (Wildman–Crippen LogP) is 3.94. The highest BCUT2D eigenvalue weighted by Gasteiger charge is 2.22. The first kappa shape index (κ1) is 18.7. The molecule has 0 spiro atoms. The Bertz CT molecular complexity index is 1010. The van der Waals surface area contributed by atoms with E-state index in [0.29, 0.717) is 11.4 Å². The lowest BCUT2D eigenvalue weighted by Crippen LogP contribution is -2.30. The van der Waals surface area contributed by atoms with Gasteiger partial charge in [-0.15, -0.1) is 11.3 Å². The predicted molar refractivity (Wildman–Crippen MR) is 112 cm³/mol. The molecular weight excluding hydrogens is 372 g/mol. The van der Waals surface area contributed by atoms with Crippen molar-refractivity contribution >= 4 is 33.3 Å². The number of benzene rings is 1. The van der Waals surface area contributed by atoms with Crippen LogP contribution >= 0.6 is 11.3 Å². The fourth-order valence-corrected chi connectivity index (χ4v) is 4.54. The molecule has 3 aromatic rings. The van der Waals surface area contributed by atoms with Crippen molar-refractivity contribution in [2.24, 2.45) is 0 Å². The van der Waals surface area contributed by atoms with Crippen molar-refractivity contribution in [3.63, 3.8) is 0 Å². The lowest BCUT2D eigenvalue weighted by molar-refractivity contribution is 0.0946. The molecule has 0 radical (unpaired) electrons. The van der Waals surface area contributed by atoms with E-state index >= 15 is 0 Å². The van der Waals surface area contributed by atoms with Gasteiger partial charge in [0.1, 0.15) is 28.8 Å². The van der Waals surface area contributed by atoms with E-state index in [-0.39, 0.29) is 18.1 Å². The minimum atomic E-state index is -0.0614. The number of para-hydroxylation sites is 1. The standard InChI is InChI=1S/C21H24N4O2S/c1-12(2)25-20(26)18-13(3)17-19(23-11-24-21(17)28-18)22-10-15-9-8-14-6-4-5-7-16(14)27-15/h4-7,11-12,15H,8-10H2,1-3H3,(H,25,26)(H,22,23,24)/t15-/m1/s1. The molecule has 28 heavy (non-hydrogen) atoms. The van der Waals surface area contributed by atoms with Crippen molar-refractivity contribution in [3.8, 4) is 5.75 Å². The smallest absolute Gasteiger partial charge is 0.261 e. The quantitative estimate of drug-likeness (QED) is 0.683. The average Bonchev–Trinajstić information content (AvgIpc) is 3.03. The van der Waals surface area contributed by atoms with E-state index in [1.54, 1.807) is 6.33 Å². The molecule has 3 heterocycles. The highest BCUT2D eigenvalue weighted by atomic mass is 32.1. The van der Waals surface area contributed by atoms with Gasteiger partial charge in [0.05, 0.1) is 16.8 Å². The molecule has 0 saturated carbocycles. The number of nitrogens with one attached hydrogen (secondary N) is 2. The van der Waals surface area contributed by atoms with Crippen molar-refractivity contribution in [1.82, 2.24) is 15.3 Å². The number of carbonyl (C=O) groups excluding carboxylic acids is 1. The van der Waals surface area contributed by atoms with Crippen LogP contribution in [0.4, 0.5) is 5.82 Å². The van der Waals surface area contributed by atoms with Gasteiger partial charge in [-0.2, -0.15) is 0 Å². The number of thiophene rings is 1. The van der Waals surface area contributed by atoms with Gasteiger partial charge < -0.3 is 15.4 Å². The summed E-state index contributed by atoms with van der Waals surface area (Å²) in [6, 6.07) is 8.27. The molecule has 0 unspecified atom stereocenters. The molecule has 146 valence electrons. The summed E-state index contributed by atoms with van der Waals surface area (Å²) >= 11 is 1.41. The van der Waals surface area contributed by atoms with Crippen LogP contribution in [0.3, 0.4) is 0 Å². The van der Waals surface area contributed by atoms with Crippen molar-refractivity contribution < 1.29 is 9.53 Å². The lowest BCUT2D eigenvalue weighted by Gasteiger charge is -2.26. The number of nitrogens with zero attached hydrogens (tertiary/aromatic N) is 2. The van der Waals surface area contributed by atoms with Gasteiger partial charge in [-0.1, -0.05) is 18.2 Å². The number of aryl methyl sites for hydroxylation is 2. The van der Waals surface area contributed by atoms with Crippen LogP contribution < -0.4 is 15.4 Å². The van der Waals surface area contributed by atoms with Crippen molar-refractivity contribution in [2.75, 3.05) is 11.9 Å². The Morgan fingerprint density at radius 3 is 2.96 bits per heavy atom. The zero-order chi connectivity index (χ0) is 19.7. The normalized spacial score (nSPS) is 15.9. The van der Waals surface area contributed by atoms with Crippen LogP contribution in [-0.4, -0.2) is 34.6 Å². The second-order valence-corrected chi connectivity index (χ2v) is 8.35. The van der Waals surface area contributed by atoms with E-state index in [2.05, 4.69) is 26.7 Å². The number of hydrogen-bond donors (Lipinski definition) is 2. The van der Waals surface area contributed by atoms with Crippen LogP contribution in [-0.2, 0) is 6.42 Å². The van der Waals surface area contributed by atoms with Gasteiger partial charge in [-0.3, -0.25) is 4.79 Å². The van der Waals surface area contributed by atoms with Gasteiger partial charge in [-0.05, 0) is 50.8 Å². The van der Waals surface area contributed by atoms with Crippen molar-refractivity contribution in [2.45, 2.75) is 45.8 Å². The van der Waals surface area contributed by atoms with E-state index in [0.717, 1.165) is 40.2 Å². The fraction of sp³-hybridized carbons (Fsp3) is 0.381. The van der Waals surface area contributed by atoms with Crippen LogP contribution in [0.2, 0.25) is 0 Å². The topological polar surface area (TPSA) is 76.1 Å². The number of rotatable bonds is 5. The number of fused-ring (bicyclic) bond motifs is 2. The lowest BCUT2D eigenvalue weighted by atomic mass is 10.0. The van der Waals surface area contributed by atoms with E-state index in [1.165, 1.54) is 16.9 Å². The van der Waals surface area contributed by atoms with Gasteiger partial charge >= 0.3 is 0 Å². The van der Waals surface area contributed by atoms with E-state index in [9.17, 15) is 4.79 Å². The second kappa shape index (κ2) is 7.75. The molecule has 1 aliphatic heterocycles. The third-order valence-corrected chi connectivity index (χ3v) is 6.05. The van der Waals surface area contributed by atoms with E-state index in [4.69, 9.17) is 4.74 Å². The second-order valence-electron chi connectivity index (χ2n) is 7.35. The molecule has 0 aliphatic carbocycles. The summed E-state index contributed by atoms with van der Waals surface area (Å²) in [5, 5.41) is 7.29. The highest BCUT2D eigenvalue weighted by molar-refractivity contribution is 7.20. The van der Waals surface area contributed by atoms with Gasteiger partial charge in [0.2, 0.25) is 0 Å². The number of aromatic nitrogens is 2. The molecule has 0 bridgehead atoms. The maximum Gasteiger partial charge on any atom is 0.261 e. The maximum absolute atomic E-state index is 12.5. The molecule has 7 heteroatoms. The molecule has 4 rings (SSSR count). The number of ether oxygens (including phenoxy) is 1. The number of carbonyl (C=O) groups is 1.